The van der Waals surface area contributed by atoms with Crippen molar-refractivity contribution in [2.24, 2.45) is 5.41 Å². The molecule has 21 heavy (non-hydrogen) atoms. The van der Waals surface area contributed by atoms with E-state index in [2.05, 4.69) is 5.32 Å². The summed E-state index contributed by atoms with van der Waals surface area (Å²) < 4.78 is 0. The first-order valence-electron chi connectivity index (χ1n) is 7.24. The van der Waals surface area contributed by atoms with E-state index in [4.69, 9.17) is 11.6 Å². The van der Waals surface area contributed by atoms with Crippen LogP contribution in [-0.2, 0) is 9.59 Å². The van der Waals surface area contributed by atoms with Crippen LogP contribution in [0.4, 0.5) is 5.69 Å². The largest absolute Gasteiger partial charge is 0.550 e. The fraction of sp³-hybridized carbons (Fsp3) is 0.500. The quantitative estimate of drug-likeness (QED) is 0.909. The maximum atomic E-state index is 12.2. The zero-order valence-electron chi connectivity index (χ0n) is 11.9. The summed E-state index contributed by atoms with van der Waals surface area (Å²) in [7, 11) is 0. The molecule has 0 heterocycles. The highest BCUT2D eigenvalue weighted by atomic mass is 35.5. The van der Waals surface area contributed by atoms with Crippen molar-refractivity contribution < 1.29 is 14.7 Å². The molecular weight excluding hydrogens is 290 g/mol. The zero-order valence-corrected chi connectivity index (χ0v) is 12.6. The van der Waals surface area contributed by atoms with E-state index in [0.29, 0.717) is 10.7 Å². The first-order valence-corrected chi connectivity index (χ1v) is 7.62. The van der Waals surface area contributed by atoms with Gasteiger partial charge in [0.2, 0.25) is 5.91 Å². The molecule has 1 fully saturated rings. The van der Waals surface area contributed by atoms with Crippen molar-refractivity contribution in [3.8, 4) is 0 Å². The second kappa shape index (κ2) is 6.94. The van der Waals surface area contributed by atoms with Gasteiger partial charge in [0.15, 0.2) is 0 Å². The summed E-state index contributed by atoms with van der Waals surface area (Å²) >= 11 is 5.80. The number of hydrogen-bond donors (Lipinski definition) is 1. The Kier molecular flexibility index (Phi) is 5.23. The fourth-order valence-electron chi connectivity index (χ4n) is 3.10. The third-order valence-electron chi connectivity index (χ3n) is 4.10. The molecule has 1 aromatic carbocycles. The maximum absolute atomic E-state index is 12.2. The lowest BCUT2D eigenvalue weighted by Gasteiger charge is -2.37. The molecule has 114 valence electrons. The Labute approximate surface area is 129 Å². The van der Waals surface area contributed by atoms with Crippen molar-refractivity contribution in [1.29, 1.82) is 0 Å². The molecule has 1 aromatic rings. The Bertz CT molecular complexity index is 507. The third-order valence-corrected chi connectivity index (χ3v) is 4.35. The Hall–Kier alpha value is -1.55. The molecule has 0 atom stereocenters. The zero-order chi connectivity index (χ0) is 15.3. The number of carbonyl (C=O) groups excluding carboxylic acids is 2. The number of benzene rings is 1. The summed E-state index contributed by atoms with van der Waals surface area (Å²) in [4.78, 5) is 23.2. The van der Waals surface area contributed by atoms with Crippen molar-refractivity contribution in [2.45, 2.75) is 44.9 Å². The van der Waals surface area contributed by atoms with Crippen molar-refractivity contribution in [2.75, 3.05) is 5.32 Å². The van der Waals surface area contributed by atoms with Gasteiger partial charge in [0.05, 0.1) is 0 Å². The number of rotatable bonds is 5. The van der Waals surface area contributed by atoms with E-state index in [1.54, 1.807) is 24.3 Å². The van der Waals surface area contributed by atoms with Crippen LogP contribution in [0.3, 0.4) is 0 Å². The number of nitrogens with one attached hydrogen (secondary N) is 1. The molecule has 0 saturated heterocycles. The van der Waals surface area contributed by atoms with E-state index in [9.17, 15) is 14.7 Å². The van der Waals surface area contributed by atoms with Gasteiger partial charge in [-0.1, -0.05) is 30.9 Å². The molecule has 0 aromatic heterocycles. The average Bonchev–Trinajstić information content (AvgIpc) is 2.41. The van der Waals surface area contributed by atoms with Crippen LogP contribution >= 0.6 is 11.6 Å². The van der Waals surface area contributed by atoms with E-state index in [-0.39, 0.29) is 18.7 Å². The molecule has 0 radical (unpaired) electrons. The number of hydrogen-bond acceptors (Lipinski definition) is 3. The Morgan fingerprint density at radius 2 is 1.71 bits per heavy atom. The lowest BCUT2D eigenvalue weighted by molar-refractivity contribution is -0.308. The van der Waals surface area contributed by atoms with Gasteiger partial charge in [-0.3, -0.25) is 4.79 Å². The SMILES string of the molecule is O=C([O-])CC1(CC(=O)Nc2ccc(Cl)cc2)CCCCC1. The van der Waals surface area contributed by atoms with Gasteiger partial charge < -0.3 is 15.2 Å². The van der Waals surface area contributed by atoms with Gasteiger partial charge in [-0.2, -0.15) is 0 Å². The molecule has 1 amide bonds. The van der Waals surface area contributed by atoms with Gasteiger partial charge in [-0.25, -0.2) is 0 Å². The van der Waals surface area contributed by atoms with Crippen LogP contribution < -0.4 is 10.4 Å². The molecule has 4 nitrogen and oxygen atoms in total. The number of carbonyl (C=O) groups is 2. The van der Waals surface area contributed by atoms with E-state index >= 15 is 0 Å². The minimum atomic E-state index is -1.07. The molecule has 5 heteroatoms. The van der Waals surface area contributed by atoms with Crippen LogP contribution in [-0.4, -0.2) is 11.9 Å². The molecule has 1 saturated carbocycles. The summed E-state index contributed by atoms with van der Waals surface area (Å²) in [6.07, 6.45) is 4.78. The lowest BCUT2D eigenvalue weighted by Crippen LogP contribution is -2.36. The first kappa shape index (κ1) is 15.8. The van der Waals surface area contributed by atoms with E-state index in [1.807, 2.05) is 0 Å². The first-order chi connectivity index (χ1) is 9.99. The molecule has 2 rings (SSSR count). The van der Waals surface area contributed by atoms with E-state index in [0.717, 1.165) is 32.1 Å². The second-order valence-electron chi connectivity index (χ2n) is 5.84. The third kappa shape index (κ3) is 4.74. The molecule has 0 bridgehead atoms. The Balaban J connectivity index is 2.00. The van der Waals surface area contributed by atoms with E-state index in [1.165, 1.54) is 0 Å². The average molecular weight is 309 g/mol. The molecule has 1 aliphatic carbocycles. The van der Waals surface area contributed by atoms with Gasteiger partial charge >= 0.3 is 0 Å². The predicted octanol–water partition coefficient (Wildman–Crippen LogP) is 2.76. The van der Waals surface area contributed by atoms with Crippen LogP contribution in [0.2, 0.25) is 5.02 Å². The molecule has 1 aliphatic rings. The van der Waals surface area contributed by atoms with Crippen LogP contribution in [0.15, 0.2) is 24.3 Å². The monoisotopic (exact) mass is 308 g/mol. The number of amides is 1. The maximum Gasteiger partial charge on any atom is 0.224 e. The minimum absolute atomic E-state index is 0.0406. The summed E-state index contributed by atoms with van der Waals surface area (Å²) in [5, 5.41) is 14.4. The van der Waals surface area contributed by atoms with Crippen LogP contribution in [0.5, 0.6) is 0 Å². The van der Waals surface area contributed by atoms with Gasteiger partial charge in [-0.05, 0) is 48.9 Å². The van der Waals surface area contributed by atoms with Gasteiger partial charge in [0, 0.05) is 23.1 Å². The summed E-state index contributed by atoms with van der Waals surface area (Å²) in [5.74, 6) is -1.23. The van der Waals surface area contributed by atoms with Gasteiger partial charge in [0.1, 0.15) is 0 Å². The second-order valence-corrected chi connectivity index (χ2v) is 6.28. The van der Waals surface area contributed by atoms with E-state index < -0.39 is 11.4 Å². The minimum Gasteiger partial charge on any atom is -0.550 e. The summed E-state index contributed by atoms with van der Waals surface area (Å²) in [6, 6.07) is 6.86. The standard InChI is InChI=1S/C16H20ClNO3/c17-12-4-6-13(7-5-12)18-14(19)10-16(11-15(20)21)8-2-1-3-9-16/h4-7H,1-3,8-11H2,(H,18,19)(H,20,21)/p-1. The van der Waals surface area contributed by atoms with Crippen molar-refractivity contribution in [3.63, 3.8) is 0 Å². The van der Waals surface area contributed by atoms with Crippen molar-refractivity contribution in [3.05, 3.63) is 29.3 Å². The van der Waals surface area contributed by atoms with Crippen molar-refractivity contribution in [1.82, 2.24) is 0 Å². The molecule has 0 spiro atoms. The topological polar surface area (TPSA) is 69.2 Å². The fourth-order valence-corrected chi connectivity index (χ4v) is 3.23. The number of carboxylic acids is 1. The van der Waals surface area contributed by atoms with Gasteiger partial charge in [0.25, 0.3) is 0 Å². The lowest BCUT2D eigenvalue weighted by atomic mass is 9.69. The Morgan fingerprint density at radius 1 is 1.10 bits per heavy atom. The number of halogens is 1. The molecule has 0 unspecified atom stereocenters. The molecular formula is C16H19ClNO3-. The van der Waals surface area contributed by atoms with Crippen molar-refractivity contribution >= 4 is 29.2 Å². The summed E-state index contributed by atoms with van der Waals surface area (Å²) in [6.45, 7) is 0. The number of aliphatic carboxylic acids is 1. The van der Waals surface area contributed by atoms with Gasteiger partial charge in [-0.15, -0.1) is 0 Å². The highest BCUT2D eigenvalue weighted by Crippen LogP contribution is 2.42. The predicted molar refractivity (Wildman–Crippen MR) is 79.8 cm³/mol. The van der Waals surface area contributed by atoms with Crippen LogP contribution in [0.1, 0.15) is 44.9 Å². The normalized spacial score (nSPS) is 17.2. The number of anilines is 1. The summed E-state index contributed by atoms with van der Waals surface area (Å²) in [5.41, 5.74) is 0.219. The van der Waals surface area contributed by atoms with Crippen LogP contribution in [0.25, 0.3) is 0 Å². The molecule has 1 N–H and O–H groups in total. The highest BCUT2D eigenvalue weighted by Gasteiger charge is 2.34. The smallest absolute Gasteiger partial charge is 0.224 e. The Morgan fingerprint density at radius 3 is 2.29 bits per heavy atom. The highest BCUT2D eigenvalue weighted by molar-refractivity contribution is 6.30. The van der Waals surface area contributed by atoms with Crippen LogP contribution in [0, 0.1) is 5.41 Å². The molecule has 0 aliphatic heterocycles. The number of carboxylic acid groups (broad SMARTS) is 1.